The van der Waals surface area contributed by atoms with Crippen LogP contribution in [0.4, 0.5) is 4.39 Å². The van der Waals surface area contributed by atoms with Crippen molar-refractivity contribution >= 4 is 0 Å². The molecule has 0 amide bonds. The lowest BCUT2D eigenvalue weighted by Crippen LogP contribution is -2.05. The highest BCUT2D eigenvalue weighted by Crippen LogP contribution is 2.31. The van der Waals surface area contributed by atoms with Crippen molar-refractivity contribution in [1.82, 2.24) is 24.7 Å². The van der Waals surface area contributed by atoms with Gasteiger partial charge in [-0.2, -0.15) is 0 Å². The third kappa shape index (κ3) is 4.08. The molecular weight excluding hydrogens is 401 g/mol. The first-order chi connectivity index (χ1) is 15.1. The van der Waals surface area contributed by atoms with Crippen LogP contribution in [0.3, 0.4) is 0 Å². The zero-order valence-corrected chi connectivity index (χ0v) is 17.2. The topological polar surface area (TPSA) is 84.2 Å². The van der Waals surface area contributed by atoms with E-state index in [-0.39, 0.29) is 12.4 Å². The molecule has 8 nitrogen and oxygen atoms in total. The average molecular weight is 421 g/mol. The number of nitrogens with zero attached hydrogens (tertiary/aromatic N) is 5. The van der Waals surface area contributed by atoms with Crippen LogP contribution in [0, 0.1) is 5.82 Å². The molecule has 0 atom stereocenters. The van der Waals surface area contributed by atoms with E-state index in [0.717, 1.165) is 11.3 Å². The third-order valence-corrected chi connectivity index (χ3v) is 4.65. The number of aromatic nitrogens is 5. The summed E-state index contributed by atoms with van der Waals surface area (Å²) in [6, 6.07) is 11.6. The summed E-state index contributed by atoms with van der Waals surface area (Å²) in [6.07, 6.45) is 3.33. The predicted octanol–water partition coefficient (Wildman–Crippen LogP) is 3.69. The van der Waals surface area contributed by atoms with Crippen LogP contribution in [0.1, 0.15) is 5.82 Å². The summed E-state index contributed by atoms with van der Waals surface area (Å²) < 4.78 is 31.3. The van der Waals surface area contributed by atoms with Crippen molar-refractivity contribution in [1.29, 1.82) is 0 Å². The number of halogens is 1. The zero-order valence-electron chi connectivity index (χ0n) is 17.2. The molecule has 1 aromatic carbocycles. The smallest absolute Gasteiger partial charge is 0.213 e. The number of methoxy groups -OCH3 is 3. The largest absolute Gasteiger partial charge is 0.496 e. The van der Waals surface area contributed by atoms with Crippen molar-refractivity contribution in [3.63, 3.8) is 0 Å². The normalized spacial score (nSPS) is 10.8. The van der Waals surface area contributed by atoms with Crippen LogP contribution in [0.25, 0.3) is 28.3 Å². The number of benzene rings is 1. The Hall–Kier alpha value is -3.85. The lowest BCUT2D eigenvalue weighted by molar-refractivity contribution is 0.176. The molecule has 0 unspecified atom stereocenters. The zero-order chi connectivity index (χ0) is 21.8. The first-order valence-corrected chi connectivity index (χ1v) is 9.38. The fourth-order valence-corrected chi connectivity index (χ4v) is 3.19. The molecule has 0 fully saturated rings. The molecule has 0 aliphatic carbocycles. The Kier molecular flexibility index (Phi) is 5.85. The maximum absolute atomic E-state index is 13.8. The Bertz CT molecular complexity index is 1180. The minimum Gasteiger partial charge on any atom is -0.496 e. The van der Waals surface area contributed by atoms with Gasteiger partial charge >= 0.3 is 0 Å². The average Bonchev–Trinajstić information content (AvgIpc) is 3.23. The van der Waals surface area contributed by atoms with Crippen molar-refractivity contribution in [3.8, 4) is 40.0 Å². The fraction of sp³-hybridized carbons (Fsp3) is 0.182. The minimum atomic E-state index is -0.363. The monoisotopic (exact) mass is 421 g/mol. The molecule has 0 saturated heterocycles. The van der Waals surface area contributed by atoms with E-state index in [0.29, 0.717) is 34.5 Å². The van der Waals surface area contributed by atoms with Gasteiger partial charge in [0.2, 0.25) is 5.88 Å². The minimum absolute atomic E-state index is 0.269. The van der Waals surface area contributed by atoms with Crippen LogP contribution in [0.15, 0.2) is 54.9 Å². The van der Waals surface area contributed by atoms with Crippen molar-refractivity contribution in [2.75, 3.05) is 21.3 Å². The van der Waals surface area contributed by atoms with Crippen molar-refractivity contribution < 1.29 is 18.6 Å². The van der Waals surface area contributed by atoms with Gasteiger partial charge in [-0.1, -0.05) is 0 Å². The van der Waals surface area contributed by atoms with E-state index in [2.05, 4.69) is 20.2 Å². The molecule has 0 aliphatic rings. The molecule has 0 aliphatic heterocycles. The number of hydrogen-bond donors (Lipinski definition) is 0. The van der Waals surface area contributed by atoms with Gasteiger partial charge in [0.1, 0.15) is 18.2 Å². The Morgan fingerprint density at radius 3 is 2.42 bits per heavy atom. The standard InChI is InChI=1S/C22H20FN5O3/c1-29-13-20-26-27-22(28(20)16-6-9-21(31-3)25-12-16)14-4-7-18(24-11-14)17-10-15(23)5-8-19(17)30-2/h4-12H,13H2,1-3H3. The van der Waals surface area contributed by atoms with Crippen molar-refractivity contribution in [2.45, 2.75) is 6.61 Å². The second-order valence-corrected chi connectivity index (χ2v) is 6.54. The van der Waals surface area contributed by atoms with E-state index in [4.69, 9.17) is 14.2 Å². The van der Waals surface area contributed by atoms with Gasteiger partial charge in [0, 0.05) is 30.5 Å². The van der Waals surface area contributed by atoms with Crippen LogP contribution < -0.4 is 9.47 Å². The van der Waals surface area contributed by atoms with Gasteiger partial charge in [0.15, 0.2) is 11.6 Å². The maximum atomic E-state index is 13.8. The van der Waals surface area contributed by atoms with Gasteiger partial charge in [-0.3, -0.25) is 9.55 Å². The molecular formula is C22H20FN5O3. The van der Waals surface area contributed by atoms with Crippen LogP contribution in [-0.4, -0.2) is 46.1 Å². The SMILES string of the molecule is COCc1nnc(-c2ccc(-c3cc(F)ccc3OC)nc2)n1-c1ccc(OC)nc1. The van der Waals surface area contributed by atoms with Crippen molar-refractivity contribution in [3.05, 3.63) is 66.5 Å². The molecule has 0 N–H and O–H groups in total. The summed E-state index contributed by atoms with van der Waals surface area (Å²) in [7, 11) is 4.69. The number of pyridine rings is 2. The Balaban J connectivity index is 1.76. The first-order valence-electron chi connectivity index (χ1n) is 9.38. The number of rotatable bonds is 7. The second-order valence-electron chi connectivity index (χ2n) is 6.54. The molecule has 0 bridgehead atoms. The summed E-state index contributed by atoms with van der Waals surface area (Å²) in [4.78, 5) is 8.76. The van der Waals surface area contributed by atoms with E-state index in [1.54, 1.807) is 44.8 Å². The Morgan fingerprint density at radius 2 is 1.77 bits per heavy atom. The first kappa shape index (κ1) is 20.4. The third-order valence-electron chi connectivity index (χ3n) is 4.65. The van der Waals surface area contributed by atoms with Gasteiger partial charge in [-0.25, -0.2) is 9.37 Å². The molecule has 9 heteroatoms. The Labute approximate surface area is 178 Å². The molecule has 3 aromatic heterocycles. The maximum Gasteiger partial charge on any atom is 0.213 e. The molecule has 4 rings (SSSR count). The molecule has 158 valence electrons. The second kappa shape index (κ2) is 8.88. The predicted molar refractivity (Wildman–Crippen MR) is 112 cm³/mol. The van der Waals surface area contributed by atoms with Crippen LogP contribution in [0.2, 0.25) is 0 Å². The number of hydrogen-bond acceptors (Lipinski definition) is 7. The Morgan fingerprint density at radius 1 is 0.903 bits per heavy atom. The highest BCUT2D eigenvalue weighted by atomic mass is 19.1. The van der Waals surface area contributed by atoms with E-state index < -0.39 is 0 Å². The summed E-state index contributed by atoms with van der Waals surface area (Å²) in [6.45, 7) is 0.269. The molecule has 0 saturated carbocycles. The van der Waals surface area contributed by atoms with Gasteiger partial charge in [-0.05, 0) is 36.4 Å². The van der Waals surface area contributed by atoms with Gasteiger partial charge < -0.3 is 14.2 Å². The van der Waals surface area contributed by atoms with Crippen LogP contribution in [-0.2, 0) is 11.3 Å². The molecule has 4 aromatic rings. The van der Waals surface area contributed by atoms with E-state index in [9.17, 15) is 4.39 Å². The summed E-state index contributed by atoms with van der Waals surface area (Å²) in [5, 5.41) is 8.58. The van der Waals surface area contributed by atoms with Crippen LogP contribution in [0.5, 0.6) is 11.6 Å². The van der Waals surface area contributed by atoms with Gasteiger partial charge in [0.25, 0.3) is 0 Å². The molecule has 3 heterocycles. The quantitative estimate of drug-likeness (QED) is 0.450. The van der Waals surface area contributed by atoms with E-state index in [1.807, 2.05) is 16.7 Å². The molecule has 0 radical (unpaired) electrons. The van der Waals surface area contributed by atoms with Crippen molar-refractivity contribution in [2.24, 2.45) is 0 Å². The van der Waals surface area contributed by atoms with Gasteiger partial charge in [0.05, 0.1) is 31.8 Å². The van der Waals surface area contributed by atoms with Gasteiger partial charge in [-0.15, -0.1) is 10.2 Å². The van der Waals surface area contributed by atoms with E-state index >= 15 is 0 Å². The van der Waals surface area contributed by atoms with E-state index in [1.165, 1.54) is 19.2 Å². The lowest BCUT2D eigenvalue weighted by atomic mass is 10.1. The lowest BCUT2D eigenvalue weighted by Gasteiger charge is -2.11. The highest BCUT2D eigenvalue weighted by molar-refractivity contribution is 5.69. The fourth-order valence-electron chi connectivity index (χ4n) is 3.19. The molecule has 0 spiro atoms. The van der Waals surface area contributed by atoms with Crippen LogP contribution >= 0.6 is 0 Å². The summed E-state index contributed by atoms with van der Waals surface area (Å²) in [5.41, 5.74) is 2.62. The molecule has 31 heavy (non-hydrogen) atoms. The summed E-state index contributed by atoms with van der Waals surface area (Å²) >= 11 is 0. The highest BCUT2D eigenvalue weighted by Gasteiger charge is 2.17. The number of ether oxygens (including phenoxy) is 3. The summed E-state index contributed by atoms with van der Waals surface area (Å²) in [5.74, 6) is 1.86.